The van der Waals surface area contributed by atoms with Gasteiger partial charge in [0.25, 0.3) is 0 Å². The molecule has 0 radical (unpaired) electrons. The van der Waals surface area contributed by atoms with Crippen LogP contribution in [0.5, 0.6) is 0 Å². The van der Waals surface area contributed by atoms with E-state index in [1.54, 1.807) is 6.07 Å². The first-order valence-corrected chi connectivity index (χ1v) is 6.54. The van der Waals surface area contributed by atoms with E-state index < -0.39 is 11.1 Å². The summed E-state index contributed by atoms with van der Waals surface area (Å²) >= 11 is -1.85. The molecule has 0 saturated carbocycles. The van der Waals surface area contributed by atoms with E-state index in [2.05, 4.69) is 6.92 Å². The maximum Gasteiger partial charge on any atom is 0.186 e. The summed E-state index contributed by atoms with van der Waals surface area (Å²) in [7, 11) is 0. The number of hydrogen-bond acceptors (Lipinski definition) is 1. The van der Waals surface area contributed by atoms with Gasteiger partial charge >= 0.3 is 0 Å². The van der Waals surface area contributed by atoms with E-state index in [1.165, 1.54) is 19.3 Å². The fraction of sp³-hybridized carbons (Fsp3) is 0.500. The fourth-order valence-electron chi connectivity index (χ4n) is 1.57. The molecule has 0 aliphatic carbocycles. The molecule has 15 heavy (non-hydrogen) atoms. The van der Waals surface area contributed by atoms with Crippen LogP contribution in [0, 0.1) is 0 Å². The summed E-state index contributed by atoms with van der Waals surface area (Å²) in [6.45, 7) is 2.19. The minimum atomic E-state index is -1.85. The lowest BCUT2D eigenvalue weighted by molar-refractivity contribution is 0.564. The van der Waals surface area contributed by atoms with Gasteiger partial charge in [0.1, 0.15) is 0 Å². The Kier molecular flexibility index (Phi) is 5.58. The van der Waals surface area contributed by atoms with E-state index in [0.29, 0.717) is 4.90 Å². The second kappa shape index (κ2) is 6.75. The molecule has 2 nitrogen and oxygen atoms in total. The Morgan fingerprint density at radius 3 is 2.73 bits per heavy atom. The van der Waals surface area contributed by atoms with Crippen molar-refractivity contribution in [3.63, 3.8) is 0 Å². The zero-order chi connectivity index (χ0) is 11.1. The number of unbranched alkanes of at least 4 members (excludes halogenated alkanes) is 3. The van der Waals surface area contributed by atoms with Gasteiger partial charge in [-0.2, -0.15) is 0 Å². The Bertz CT molecular complexity index is 323. The molecule has 1 aromatic rings. The molecule has 3 heteroatoms. The van der Waals surface area contributed by atoms with Crippen molar-refractivity contribution in [2.45, 2.75) is 43.9 Å². The highest BCUT2D eigenvalue weighted by molar-refractivity contribution is 7.79. The quantitative estimate of drug-likeness (QED) is 0.596. The summed E-state index contributed by atoms with van der Waals surface area (Å²) < 4.78 is 19.8. The summed E-state index contributed by atoms with van der Waals surface area (Å²) in [4.78, 5) is 0.503. The zero-order valence-corrected chi connectivity index (χ0v) is 9.93. The molecule has 0 fully saturated rings. The smallest absolute Gasteiger partial charge is 0.186 e. The van der Waals surface area contributed by atoms with Crippen LogP contribution >= 0.6 is 0 Å². The fourth-order valence-corrected chi connectivity index (χ4v) is 2.01. The van der Waals surface area contributed by atoms with Crippen LogP contribution in [0.1, 0.15) is 38.2 Å². The molecule has 1 aromatic carbocycles. The van der Waals surface area contributed by atoms with Crippen molar-refractivity contribution in [1.82, 2.24) is 0 Å². The third-order valence-corrected chi connectivity index (χ3v) is 3.08. The first-order valence-electron chi connectivity index (χ1n) is 5.44. The minimum Gasteiger partial charge on any atom is -0.302 e. The first kappa shape index (κ1) is 12.4. The summed E-state index contributed by atoms with van der Waals surface area (Å²) in [5.41, 5.74) is 1.16. The third kappa shape index (κ3) is 4.58. The SMILES string of the molecule is CCCCCCc1cccc(S(=O)O)c1. The second-order valence-corrected chi connectivity index (χ2v) is 4.68. The minimum absolute atomic E-state index is 0.503. The largest absolute Gasteiger partial charge is 0.302 e. The molecule has 0 spiro atoms. The zero-order valence-electron chi connectivity index (χ0n) is 9.11. The Morgan fingerprint density at radius 1 is 1.27 bits per heavy atom. The summed E-state index contributed by atoms with van der Waals surface area (Å²) in [6, 6.07) is 7.37. The molecule has 0 aromatic heterocycles. The maximum absolute atomic E-state index is 10.8. The molecule has 0 saturated heterocycles. The molecule has 1 rings (SSSR count). The molecule has 84 valence electrons. The summed E-state index contributed by atoms with van der Waals surface area (Å²) in [5.74, 6) is 0. The summed E-state index contributed by atoms with van der Waals surface area (Å²) in [5, 5.41) is 0. The standard InChI is InChI=1S/C12H18O2S/c1-2-3-4-5-7-11-8-6-9-12(10-11)15(13)14/h6,8-10H,2-5,7H2,1H3,(H,13,14). The van der Waals surface area contributed by atoms with Gasteiger partial charge in [0.15, 0.2) is 11.1 Å². The average Bonchev–Trinajstić information content (AvgIpc) is 2.25. The second-order valence-electron chi connectivity index (χ2n) is 3.71. The van der Waals surface area contributed by atoms with Gasteiger partial charge < -0.3 is 4.55 Å². The Morgan fingerprint density at radius 2 is 2.07 bits per heavy atom. The van der Waals surface area contributed by atoms with Crippen molar-refractivity contribution in [2.75, 3.05) is 0 Å². The van der Waals surface area contributed by atoms with Gasteiger partial charge in [-0.25, -0.2) is 4.21 Å². The van der Waals surface area contributed by atoms with Crippen LogP contribution in [-0.4, -0.2) is 8.76 Å². The van der Waals surface area contributed by atoms with Crippen LogP contribution in [0.3, 0.4) is 0 Å². The van der Waals surface area contributed by atoms with E-state index >= 15 is 0 Å². The van der Waals surface area contributed by atoms with E-state index in [9.17, 15) is 4.21 Å². The van der Waals surface area contributed by atoms with Gasteiger partial charge in [0.2, 0.25) is 0 Å². The Labute approximate surface area is 94.0 Å². The van der Waals surface area contributed by atoms with Gasteiger partial charge in [0, 0.05) is 0 Å². The highest BCUT2D eigenvalue weighted by Gasteiger charge is 2.00. The van der Waals surface area contributed by atoms with Crippen LogP contribution in [-0.2, 0) is 17.5 Å². The van der Waals surface area contributed by atoms with E-state index in [1.807, 2.05) is 18.2 Å². The maximum atomic E-state index is 10.8. The van der Waals surface area contributed by atoms with Crippen LogP contribution in [0.2, 0.25) is 0 Å². The lowest BCUT2D eigenvalue weighted by atomic mass is 10.1. The van der Waals surface area contributed by atoms with Crippen molar-refractivity contribution in [3.05, 3.63) is 29.8 Å². The van der Waals surface area contributed by atoms with Crippen LogP contribution in [0.15, 0.2) is 29.2 Å². The van der Waals surface area contributed by atoms with Gasteiger partial charge in [-0.05, 0) is 30.5 Å². The highest BCUT2D eigenvalue weighted by Crippen LogP contribution is 2.12. The van der Waals surface area contributed by atoms with Crippen molar-refractivity contribution in [2.24, 2.45) is 0 Å². The van der Waals surface area contributed by atoms with Crippen molar-refractivity contribution >= 4 is 11.1 Å². The van der Waals surface area contributed by atoms with Gasteiger partial charge in [0.05, 0.1) is 4.90 Å². The molecular formula is C12H18O2S. The number of aryl methyl sites for hydroxylation is 1. The van der Waals surface area contributed by atoms with Gasteiger partial charge in [-0.15, -0.1) is 0 Å². The molecule has 0 amide bonds. The van der Waals surface area contributed by atoms with Crippen molar-refractivity contribution in [3.8, 4) is 0 Å². The normalized spacial score (nSPS) is 12.7. The van der Waals surface area contributed by atoms with Crippen molar-refractivity contribution < 1.29 is 8.76 Å². The number of rotatable bonds is 6. The van der Waals surface area contributed by atoms with Gasteiger partial charge in [-0.1, -0.05) is 38.3 Å². The lowest BCUT2D eigenvalue weighted by Crippen LogP contribution is -1.91. The van der Waals surface area contributed by atoms with E-state index in [-0.39, 0.29) is 0 Å². The highest BCUT2D eigenvalue weighted by atomic mass is 32.2. The van der Waals surface area contributed by atoms with E-state index in [4.69, 9.17) is 4.55 Å². The molecule has 1 unspecified atom stereocenters. The van der Waals surface area contributed by atoms with Crippen LogP contribution in [0.4, 0.5) is 0 Å². The molecule has 0 bridgehead atoms. The molecule has 0 aliphatic heterocycles. The monoisotopic (exact) mass is 226 g/mol. The topological polar surface area (TPSA) is 37.3 Å². The van der Waals surface area contributed by atoms with Crippen LogP contribution in [0.25, 0.3) is 0 Å². The van der Waals surface area contributed by atoms with E-state index in [0.717, 1.165) is 18.4 Å². The molecule has 1 N–H and O–H groups in total. The summed E-state index contributed by atoms with van der Waals surface area (Å²) in [6.07, 6.45) is 5.91. The Balaban J connectivity index is 2.47. The van der Waals surface area contributed by atoms with Crippen LogP contribution < -0.4 is 0 Å². The molecule has 1 atom stereocenters. The predicted octanol–water partition coefficient (Wildman–Crippen LogP) is 3.39. The lowest BCUT2D eigenvalue weighted by Gasteiger charge is -2.02. The Hall–Kier alpha value is -0.670. The predicted molar refractivity (Wildman–Crippen MR) is 63.3 cm³/mol. The van der Waals surface area contributed by atoms with Gasteiger partial charge in [-0.3, -0.25) is 0 Å². The molecule has 0 aliphatic rings. The molecule has 0 heterocycles. The average molecular weight is 226 g/mol. The molecular weight excluding hydrogens is 208 g/mol. The number of benzene rings is 1. The third-order valence-electron chi connectivity index (χ3n) is 2.42. The first-order chi connectivity index (χ1) is 7.24. The number of hydrogen-bond donors (Lipinski definition) is 1. The van der Waals surface area contributed by atoms with Crippen molar-refractivity contribution in [1.29, 1.82) is 0 Å².